The first-order valence-corrected chi connectivity index (χ1v) is 6.53. The van der Waals surface area contributed by atoms with Crippen LogP contribution in [0.25, 0.3) is 0 Å². The average molecular weight is 334 g/mol. The second-order valence-electron chi connectivity index (χ2n) is 4.27. The monoisotopic (exact) mass is 333 g/mol. The molecular formula is C13H11BrF3NO. The number of alkyl halides is 3. The molecule has 0 spiro atoms. The van der Waals surface area contributed by atoms with Gasteiger partial charge < -0.3 is 5.32 Å². The first-order valence-electron chi connectivity index (χ1n) is 5.74. The van der Waals surface area contributed by atoms with Crippen LogP contribution in [-0.4, -0.2) is 5.78 Å². The number of ketones is 1. The van der Waals surface area contributed by atoms with E-state index in [2.05, 4.69) is 21.2 Å². The number of nitrogens with one attached hydrogen (secondary N) is 1. The molecule has 102 valence electrons. The van der Waals surface area contributed by atoms with Crippen LogP contribution in [0.5, 0.6) is 0 Å². The van der Waals surface area contributed by atoms with Crippen molar-refractivity contribution in [1.82, 2.24) is 0 Å². The van der Waals surface area contributed by atoms with Gasteiger partial charge in [-0.15, -0.1) is 0 Å². The van der Waals surface area contributed by atoms with Crippen molar-refractivity contribution in [3.63, 3.8) is 0 Å². The SMILES string of the molecule is O=C1CCCC(Nc2cccc(C(F)(F)F)c2)=C1Br. The first kappa shape index (κ1) is 14.1. The summed E-state index contributed by atoms with van der Waals surface area (Å²) in [6.07, 6.45) is -2.56. The van der Waals surface area contributed by atoms with Crippen molar-refractivity contribution in [3.8, 4) is 0 Å². The molecule has 2 rings (SSSR count). The molecule has 2 nitrogen and oxygen atoms in total. The van der Waals surface area contributed by atoms with Crippen molar-refractivity contribution in [3.05, 3.63) is 40.0 Å². The molecule has 0 bridgehead atoms. The highest BCUT2D eigenvalue weighted by molar-refractivity contribution is 9.12. The molecule has 0 saturated heterocycles. The van der Waals surface area contributed by atoms with E-state index in [0.29, 0.717) is 35.1 Å². The predicted molar refractivity (Wildman–Crippen MR) is 69.9 cm³/mol. The molecule has 6 heteroatoms. The van der Waals surface area contributed by atoms with Gasteiger partial charge in [-0.2, -0.15) is 13.2 Å². The van der Waals surface area contributed by atoms with E-state index in [9.17, 15) is 18.0 Å². The average Bonchev–Trinajstić information content (AvgIpc) is 2.34. The Kier molecular flexibility index (Phi) is 3.99. The number of carbonyl (C=O) groups is 1. The van der Waals surface area contributed by atoms with Gasteiger partial charge in [-0.1, -0.05) is 6.07 Å². The summed E-state index contributed by atoms with van der Waals surface area (Å²) in [6, 6.07) is 4.93. The third kappa shape index (κ3) is 3.37. The minimum Gasteiger partial charge on any atom is -0.358 e. The van der Waals surface area contributed by atoms with Crippen LogP contribution >= 0.6 is 15.9 Å². The Bertz CT molecular complexity index is 537. The number of allylic oxidation sites excluding steroid dienone is 2. The summed E-state index contributed by atoms with van der Waals surface area (Å²) in [5.74, 6) is -0.0271. The van der Waals surface area contributed by atoms with E-state index >= 15 is 0 Å². The maximum atomic E-state index is 12.6. The van der Waals surface area contributed by atoms with E-state index in [1.54, 1.807) is 6.07 Å². The molecule has 19 heavy (non-hydrogen) atoms. The fourth-order valence-corrected chi connectivity index (χ4v) is 2.37. The number of hydrogen-bond acceptors (Lipinski definition) is 2. The standard InChI is InChI=1S/C13H11BrF3NO/c14-12-10(5-2-6-11(12)19)18-9-4-1-3-8(7-9)13(15,16)17/h1,3-4,7,18H,2,5-6H2. The molecule has 0 atom stereocenters. The Morgan fingerprint density at radius 2 is 1.95 bits per heavy atom. The predicted octanol–water partition coefficient (Wildman–Crippen LogP) is 4.48. The molecule has 0 aromatic heterocycles. The summed E-state index contributed by atoms with van der Waals surface area (Å²) in [5.41, 5.74) is 0.253. The van der Waals surface area contributed by atoms with Crippen molar-refractivity contribution in [1.29, 1.82) is 0 Å². The van der Waals surface area contributed by atoms with Gasteiger partial charge in [-0.05, 0) is 47.0 Å². The fraction of sp³-hybridized carbons (Fsp3) is 0.308. The summed E-state index contributed by atoms with van der Waals surface area (Å²) in [7, 11) is 0. The number of carbonyl (C=O) groups excluding carboxylic acids is 1. The lowest BCUT2D eigenvalue weighted by Gasteiger charge is -2.18. The number of Topliss-reactive ketones (excluding diaryl/α,β-unsaturated/α-hetero) is 1. The molecule has 0 radical (unpaired) electrons. The van der Waals surface area contributed by atoms with Gasteiger partial charge in [0.25, 0.3) is 0 Å². The van der Waals surface area contributed by atoms with Crippen molar-refractivity contribution in [2.24, 2.45) is 0 Å². The van der Waals surface area contributed by atoms with E-state index < -0.39 is 11.7 Å². The highest BCUT2D eigenvalue weighted by Gasteiger charge is 2.30. The number of rotatable bonds is 2. The Balaban J connectivity index is 2.25. The summed E-state index contributed by atoms with van der Waals surface area (Å²) in [4.78, 5) is 11.5. The van der Waals surface area contributed by atoms with Crippen molar-refractivity contribution in [2.75, 3.05) is 5.32 Å². The second-order valence-corrected chi connectivity index (χ2v) is 5.07. The van der Waals surface area contributed by atoms with Gasteiger partial charge in [0.1, 0.15) is 0 Å². The molecule has 0 aliphatic heterocycles. The normalized spacial score (nSPS) is 16.7. The van der Waals surface area contributed by atoms with Crippen LogP contribution in [-0.2, 0) is 11.0 Å². The smallest absolute Gasteiger partial charge is 0.358 e. The minimum absolute atomic E-state index is 0.0271. The molecule has 0 unspecified atom stereocenters. The zero-order chi connectivity index (χ0) is 14.0. The molecule has 1 aliphatic carbocycles. The Morgan fingerprint density at radius 3 is 2.63 bits per heavy atom. The van der Waals surface area contributed by atoms with Gasteiger partial charge >= 0.3 is 6.18 Å². The third-order valence-electron chi connectivity index (χ3n) is 2.83. The van der Waals surface area contributed by atoms with Crippen LogP contribution < -0.4 is 5.32 Å². The zero-order valence-electron chi connectivity index (χ0n) is 9.85. The van der Waals surface area contributed by atoms with Crippen molar-refractivity contribution in [2.45, 2.75) is 25.4 Å². The highest BCUT2D eigenvalue weighted by atomic mass is 79.9. The maximum absolute atomic E-state index is 12.6. The molecule has 0 heterocycles. The summed E-state index contributed by atoms with van der Waals surface area (Å²) in [5, 5.41) is 2.89. The van der Waals surface area contributed by atoms with Gasteiger partial charge in [0.2, 0.25) is 0 Å². The molecule has 0 saturated carbocycles. The number of anilines is 1. The van der Waals surface area contributed by atoms with Gasteiger partial charge in [-0.3, -0.25) is 4.79 Å². The van der Waals surface area contributed by atoms with E-state index in [0.717, 1.165) is 12.1 Å². The summed E-state index contributed by atoms with van der Waals surface area (Å²) < 4.78 is 38.2. The third-order valence-corrected chi connectivity index (χ3v) is 3.75. The van der Waals surface area contributed by atoms with Crippen LogP contribution in [0.3, 0.4) is 0 Å². The number of hydrogen-bond donors (Lipinski definition) is 1. The Morgan fingerprint density at radius 1 is 1.21 bits per heavy atom. The largest absolute Gasteiger partial charge is 0.416 e. The van der Waals surface area contributed by atoms with Gasteiger partial charge in [0.05, 0.1) is 10.0 Å². The zero-order valence-corrected chi connectivity index (χ0v) is 11.4. The summed E-state index contributed by atoms with van der Waals surface area (Å²) >= 11 is 3.18. The second kappa shape index (κ2) is 5.36. The van der Waals surface area contributed by atoms with Crippen LogP contribution in [0.4, 0.5) is 18.9 Å². The van der Waals surface area contributed by atoms with Crippen LogP contribution in [0.2, 0.25) is 0 Å². The molecule has 1 aliphatic rings. The van der Waals surface area contributed by atoms with Gasteiger partial charge in [0.15, 0.2) is 5.78 Å². The molecule has 1 N–H and O–H groups in total. The van der Waals surface area contributed by atoms with Gasteiger partial charge in [-0.25, -0.2) is 0 Å². The Labute approximate surface area is 116 Å². The fourth-order valence-electron chi connectivity index (χ4n) is 1.88. The van der Waals surface area contributed by atoms with E-state index in [4.69, 9.17) is 0 Å². The molecule has 0 amide bonds. The molecule has 1 aromatic carbocycles. The lowest BCUT2D eigenvalue weighted by molar-refractivity contribution is -0.137. The van der Waals surface area contributed by atoms with Crippen molar-refractivity contribution < 1.29 is 18.0 Å². The van der Waals surface area contributed by atoms with Crippen LogP contribution in [0.1, 0.15) is 24.8 Å². The maximum Gasteiger partial charge on any atom is 0.416 e. The minimum atomic E-state index is -4.37. The Hall–Kier alpha value is -1.30. The van der Waals surface area contributed by atoms with Crippen LogP contribution in [0.15, 0.2) is 34.4 Å². The van der Waals surface area contributed by atoms with Gasteiger partial charge in [0, 0.05) is 17.8 Å². The molecular weight excluding hydrogens is 323 g/mol. The van der Waals surface area contributed by atoms with Crippen LogP contribution in [0, 0.1) is 0 Å². The van der Waals surface area contributed by atoms with E-state index in [-0.39, 0.29) is 5.78 Å². The lowest BCUT2D eigenvalue weighted by Crippen LogP contribution is -2.13. The van der Waals surface area contributed by atoms with E-state index in [1.807, 2.05) is 0 Å². The molecule has 1 aromatic rings. The van der Waals surface area contributed by atoms with E-state index in [1.165, 1.54) is 6.07 Å². The first-order chi connectivity index (χ1) is 8.88. The van der Waals surface area contributed by atoms with Crippen molar-refractivity contribution >= 4 is 27.4 Å². The number of benzene rings is 1. The quantitative estimate of drug-likeness (QED) is 0.864. The molecule has 0 fully saturated rings. The topological polar surface area (TPSA) is 29.1 Å². The lowest BCUT2D eigenvalue weighted by atomic mass is 10.0. The number of halogens is 4. The summed E-state index contributed by atoms with van der Waals surface area (Å²) in [6.45, 7) is 0. The highest BCUT2D eigenvalue weighted by Crippen LogP contribution is 2.32.